The Morgan fingerprint density at radius 1 is 1.10 bits per heavy atom. The first-order valence-corrected chi connectivity index (χ1v) is 11.1. The fraction of sp³-hybridized carbons (Fsp3) is 0.429. The average molecular weight is 418 g/mol. The molecule has 156 valence electrons. The van der Waals surface area contributed by atoms with Gasteiger partial charge in [-0.1, -0.05) is 17.7 Å². The molecule has 0 radical (unpaired) electrons. The summed E-state index contributed by atoms with van der Waals surface area (Å²) in [6.07, 6.45) is 2.05. The number of nitrogens with one attached hydrogen (secondary N) is 2. The lowest BCUT2D eigenvalue weighted by Gasteiger charge is -2.19. The van der Waals surface area contributed by atoms with Crippen molar-refractivity contribution in [3.8, 4) is 0 Å². The third-order valence-electron chi connectivity index (χ3n) is 4.65. The molecular formula is C21H27N3O4S. The Hall–Kier alpha value is -2.61. The molecule has 2 N–H and O–H groups in total. The van der Waals surface area contributed by atoms with Gasteiger partial charge in [0, 0.05) is 23.1 Å². The second-order valence-electron chi connectivity index (χ2n) is 8.38. The predicted octanol–water partition coefficient (Wildman–Crippen LogP) is 3.44. The van der Waals surface area contributed by atoms with Gasteiger partial charge in [-0.2, -0.15) is 18.4 Å². The summed E-state index contributed by atoms with van der Waals surface area (Å²) in [5.74, 6) is 0.631. The third kappa shape index (κ3) is 4.70. The average Bonchev–Trinajstić information content (AvgIpc) is 2.97. The summed E-state index contributed by atoms with van der Waals surface area (Å²) in [4.78, 5) is 15.1. The fourth-order valence-corrected chi connectivity index (χ4v) is 4.11. The van der Waals surface area contributed by atoms with E-state index in [9.17, 15) is 13.2 Å². The molecule has 1 amide bonds. The van der Waals surface area contributed by atoms with Gasteiger partial charge in [-0.05, 0) is 59.6 Å². The summed E-state index contributed by atoms with van der Waals surface area (Å²) in [5.41, 5.74) is 2.56. The fourth-order valence-electron chi connectivity index (χ4n) is 3.28. The predicted molar refractivity (Wildman–Crippen MR) is 112 cm³/mol. The number of carbonyl (C=O) groups is 1. The van der Waals surface area contributed by atoms with Gasteiger partial charge in [-0.25, -0.2) is 0 Å². The van der Waals surface area contributed by atoms with E-state index in [0.717, 1.165) is 17.5 Å². The molecular weight excluding hydrogens is 390 g/mol. The smallest absolute Gasteiger partial charge is 0.287 e. The Morgan fingerprint density at radius 2 is 1.76 bits per heavy atom. The van der Waals surface area contributed by atoms with Crippen molar-refractivity contribution in [2.45, 2.75) is 64.3 Å². The van der Waals surface area contributed by atoms with Crippen LogP contribution in [-0.4, -0.2) is 25.6 Å². The van der Waals surface area contributed by atoms with E-state index < -0.39 is 15.6 Å². The van der Waals surface area contributed by atoms with Crippen LogP contribution in [0.5, 0.6) is 0 Å². The zero-order valence-electron chi connectivity index (χ0n) is 17.4. The van der Waals surface area contributed by atoms with Gasteiger partial charge in [-0.3, -0.25) is 4.79 Å². The van der Waals surface area contributed by atoms with Gasteiger partial charge >= 0.3 is 0 Å². The Balaban J connectivity index is 1.90. The number of aryl methyl sites for hydroxylation is 2. The van der Waals surface area contributed by atoms with E-state index >= 15 is 0 Å². The lowest BCUT2D eigenvalue weighted by atomic mass is 9.93. The molecule has 1 aliphatic carbocycles. The maximum absolute atomic E-state index is 12.6. The number of benzene rings is 1. The van der Waals surface area contributed by atoms with Crippen molar-refractivity contribution in [3.63, 3.8) is 0 Å². The summed E-state index contributed by atoms with van der Waals surface area (Å²) < 4.78 is 30.9. The molecule has 0 atom stereocenters. The van der Waals surface area contributed by atoms with E-state index in [1.807, 2.05) is 27.7 Å². The molecule has 0 aliphatic heterocycles. The molecule has 0 bridgehead atoms. The Morgan fingerprint density at radius 3 is 2.38 bits per heavy atom. The van der Waals surface area contributed by atoms with Crippen LogP contribution >= 0.6 is 0 Å². The van der Waals surface area contributed by atoms with Crippen molar-refractivity contribution in [1.82, 2.24) is 10.1 Å². The minimum absolute atomic E-state index is 0.151. The van der Waals surface area contributed by atoms with E-state index in [2.05, 4.69) is 15.2 Å². The second kappa shape index (κ2) is 7.67. The highest BCUT2D eigenvalue weighted by Gasteiger charge is 2.29. The Kier molecular flexibility index (Phi) is 5.58. The van der Waals surface area contributed by atoms with Gasteiger partial charge in [0.2, 0.25) is 0 Å². The second-order valence-corrected chi connectivity index (χ2v) is 10.0. The molecule has 0 fully saturated rings. The number of hydrogen-bond donors (Lipinski definition) is 2. The van der Waals surface area contributed by atoms with Gasteiger partial charge in [0.25, 0.3) is 15.9 Å². The van der Waals surface area contributed by atoms with Crippen LogP contribution in [0.1, 0.15) is 66.6 Å². The van der Waals surface area contributed by atoms with Crippen LogP contribution in [0.4, 0.5) is 0 Å². The number of sulfonamides is 1. The van der Waals surface area contributed by atoms with Gasteiger partial charge in [0.15, 0.2) is 5.76 Å². The van der Waals surface area contributed by atoms with Crippen molar-refractivity contribution in [2.24, 2.45) is 5.10 Å². The summed E-state index contributed by atoms with van der Waals surface area (Å²) in [6, 6.07) is 6.56. The molecule has 7 nitrogen and oxygen atoms in total. The Labute approximate surface area is 171 Å². The summed E-state index contributed by atoms with van der Waals surface area (Å²) in [7, 11) is -3.77. The molecule has 8 heteroatoms. The minimum atomic E-state index is -3.77. The van der Waals surface area contributed by atoms with E-state index in [0.29, 0.717) is 29.9 Å². The molecule has 1 heterocycles. The normalized spacial score (nSPS) is 15.8. The lowest BCUT2D eigenvalue weighted by molar-refractivity contribution is 0.0888. The first kappa shape index (κ1) is 21.1. The Bertz CT molecular complexity index is 1060. The molecule has 1 aliphatic rings. The number of rotatable bonds is 4. The molecule has 1 aromatic heterocycles. The molecule has 29 heavy (non-hydrogen) atoms. The topological polar surface area (TPSA) is 101 Å². The van der Waals surface area contributed by atoms with Crippen LogP contribution in [0.25, 0.3) is 0 Å². The van der Waals surface area contributed by atoms with Gasteiger partial charge in [-0.15, -0.1) is 0 Å². The van der Waals surface area contributed by atoms with Crippen LogP contribution < -0.4 is 10.1 Å². The summed E-state index contributed by atoms with van der Waals surface area (Å²) >= 11 is 0. The quantitative estimate of drug-likeness (QED) is 0.744. The van der Waals surface area contributed by atoms with Crippen LogP contribution in [0.15, 0.2) is 38.7 Å². The maximum Gasteiger partial charge on any atom is 0.287 e. The van der Waals surface area contributed by atoms with E-state index in [4.69, 9.17) is 4.42 Å². The molecule has 0 unspecified atom stereocenters. The van der Waals surface area contributed by atoms with Crippen molar-refractivity contribution in [1.29, 1.82) is 0 Å². The highest BCUT2D eigenvalue weighted by molar-refractivity contribution is 7.89. The van der Waals surface area contributed by atoms with Crippen molar-refractivity contribution in [2.75, 3.05) is 0 Å². The van der Waals surface area contributed by atoms with E-state index in [-0.39, 0.29) is 16.6 Å². The van der Waals surface area contributed by atoms with Crippen molar-refractivity contribution < 1.29 is 17.6 Å². The van der Waals surface area contributed by atoms with Crippen LogP contribution in [-0.2, 0) is 16.4 Å². The molecule has 0 saturated carbocycles. The molecule has 0 saturated heterocycles. The van der Waals surface area contributed by atoms with Crippen molar-refractivity contribution >= 4 is 21.6 Å². The number of hydrogen-bond acceptors (Lipinski definition) is 5. The van der Waals surface area contributed by atoms with Crippen LogP contribution in [0.3, 0.4) is 0 Å². The minimum Gasteiger partial charge on any atom is -0.455 e. The van der Waals surface area contributed by atoms with Gasteiger partial charge < -0.3 is 9.73 Å². The molecule has 1 aromatic carbocycles. The van der Waals surface area contributed by atoms with Crippen LogP contribution in [0, 0.1) is 13.8 Å². The van der Waals surface area contributed by atoms with E-state index in [1.165, 1.54) is 0 Å². The number of carbonyl (C=O) groups excluding carboxylic acids is 1. The number of amides is 1. The highest BCUT2D eigenvalue weighted by atomic mass is 32.2. The first-order chi connectivity index (χ1) is 13.5. The summed E-state index contributed by atoms with van der Waals surface area (Å²) in [6.45, 7) is 9.39. The van der Waals surface area contributed by atoms with Gasteiger partial charge in [0.05, 0.1) is 10.6 Å². The van der Waals surface area contributed by atoms with Crippen LogP contribution in [0.2, 0.25) is 0 Å². The highest BCUT2D eigenvalue weighted by Crippen LogP contribution is 2.30. The summed E-state index contributed by atoms with van der Waals surface area (Å²) in [5, 5.41) is 7.09. The number of hydrazone groups is 1. The zero-order valence-corrected chi connectivity index (χ0v) is 18.2. The third-order valence-corrected chi connectivity index (χ3v) is 5.88. The molecule has 2 aromatic rings. The number of nitrogens with zero attached hydrogens (tertiary/aromatic N) is 1. The monoisotopic (exact) mass is 417 g/mol. The molecule has 3 rings (SSSR count). The standard InChI is InChI=1S/C21H27N3O4S/c1-13-9-11-15(12-10-13)29(26,27)24-23-16-7-6-8-17-18(16)14(2)19(28-17)20(25)22-21(3,4)5/h9-12,24H,6-8H2,1-5H3,(H,22,25)/b23-16+. The van der Waals surface area contributed by atoms with E-state index in [1.54, 1.807) is 31.2 Å². The van der Waals surface area contributed by atoms with Gasteiger partial charge in [0.1, 0.15) is 5.76 Å². The number of fused-ring (bicyclic) bond motifs is 1. The SMILES string of the molecule is Cc1ccc(S(=O)(=O)N/N=C2\CCCc3oc(C(=O)NC(C)(C)C)c(C)c32)cc1. The maximum atomic E-state index is 12.6. The first-order valence-electron chi connectivity index (χ1n) is 9.58. The molecule has 0 spiro atoms. The van der Waals surface area contributed by atoms with Crippen molar-refractivity contribution in [3.05, 3.63) is 52.5 Å². The largest absolute Gasteiger partial charge is 0.455 e. The lowest BCUT2D eigenvalue weighted by Crippen LogP contribution is -2.40. The zero-order chi connectivity index (χ0) is 21.4. The number of furan rings is 1.